The van der Waals surface area contributed by atoms with Crippen molar-refractivity contribution in [1.29, 1.82) is 0 Å². The number of hydrogen-bond donors (Lipinski definition) is 2. The highest BCUT2D eigenvalue weighted by Gasteiger charge is 2.11. The molecule has 1 heterocycles. The van der Waals surface area contributed by atoms with Crippen molar-refractivity contribution in [2.45, 2.75) is 22.8 Å². The van der Waals surface area contributed by atoms with Crippen molar-refractivity contribution in [2.75, 3.05) is 11.9 Å². The zero-order chi connectivity index (χ0) is 17.5. The topological polar surface area (TPSA) is 54.3 Å². The largest absolute Gasteiger partial charge is 0.468 e. The number of furan rings is 1. The summed E-state index contributed by atoms with van der Waals surface area (Å²) in [4.78, 5) is 14.4. The fourth-order valence-electron chi connectivity index (χ4n) is 2.35. The van der Waals surface area contributed by atoms with Crippen LogP contribution in [0.3, 0.4) is 0 Å². The van der Waals surface area contributed by atoms with Crippen LogP contribution in [0.5, 0.6) is 0 Å². The third-order valence-corrected chi connectivity index (χ3v) is 4.75. The van der Waals surface area contributed by atoms with Crippen LogP contribution in [0.15, 0.2) is 87.2 Å². The van der Waals surface area contributed by atoms with Gasteiger partial charge in [-0.15, -0.1) is 0 Å². The first-order valence-electron chi connectivity index (χ1n) is 8.11. The third-order valence-electron chi connectivity index (χ3n) is 3.67. The third kappa shape index (κ3) is 4.98. The highest BCUT2D eigenvalue weighted by atomic mass is 32.2. The van der Waals surface area contributed by atoms with Crippen molar-refractivity contribution in [3.63, 3.8) is 0 Å². The van der Waals surface area contributed by atoms with Gasteiger partial charge < -0.3 is 9.73 Å². The van der Waals surface area contributed by atoms with Crippen molar-refractivity contribution in [3.8, 4) is 0 Å². The van der Waals surface area contributed by atoms with Crippen molar-refractivity contribution in [1.82, 2.24) is 5.32 Å². The van der Waals surface area contributed by atoms with Gasteiger partial charge >= 0.3 is 0 Å². The molecule has 2 N–H and O–H groups in total. The van der Waals surface area contributed by atoms with Crippen molar-refractivity contribution in [2.24, 2.45) is 0 Å². The quantitative estimate of drug-likeness (QED) is 0.646. The van der Waals surface area contributed by atoms with Gasteiger partial charge in [0.05, 0.1) is 24.5 Å². The second-order valence-corrected chi connectivity index (χ2v) is 6.69. The zero-order valence-electron chi connectivity index (χ0n) is 13.9. The number of carbonyl (C=O) groups excluding carboxylic acids is 1. The molecule has 2 aromatic carbocycles. The maximum atomic E-state index is 12.3. The number of anilines is 1. The van der Waals surface area contributed by atoms with E-state index in [0.717, 1.165) is 21.2 Å². The first kappa shape index (κ1) is 17.3. The predicted octanol–water partition coefficient (Wildman–Crippen LogP) is 4.72. The summed E-state index contributed by atoms with van der Waals surface area (Å²) < 4.78 is 5.33. The van der Waals surface area contributed by atoms with Crippen LogP contribution in [0.25, 0.3) is 0 Å². The van der Waals surface area contributed by atoms with Crippen LogP contribution in [0.1, 0.15) is 18.7 Å². The Morgan fingerprint density at radius 3 is 2.56 bits per heavy atom. The fourth-order valence-corrected chi connectivity index (χ4v) is 3.28. The summed E-state index contributed by atoms with van der Waals surface area (Å²) in [6, 6.07) is 21.6. The van der Waals surface area contributed by atoms with Crippen LogP contribution in [0, 0.1) is 0 Å². The SMILES string of the molecule is C[C@@H](NCC(=O)Nc1ccccc1Sc1ccccc1)c1ccco1. The van der Waals surface area contributed by atoms with Gasteiger partial charge in [-0.1, -0.05) is 42.1 Å². The molecule has 0 aliphatic heterocycles. The molecule has 4 nitrogen and oxygen atoms in total. The Kier molecular flexibility index (Phi) is 5.93. The lowest BCUT2D eigenvalue weighted by molar-refractivity contribution is -0.115. The number of rotatable bonds is 7. The molecule has 0 aliphatic carbocycles. The van der Waals surface area contributed by atoms with Crippen LogP contribution >= 0.6 is 11.8 Å². The molecule has 1 amide bonds. The zero-order valence-corrected chi connectivity index (χ0v) is 14.8. The smallest absolute Gasteiger partial charge is 0.238 e. The van der Waals surface area contributed by atoms with E-state index < -0.39 is 0 Å². The minimum Gasteiger partial charge on any atom is -0.468 e. The van der Waals surface area contributed by atoms with Gasteiger partial charge in [-0.25, -0.2) is 0 Å². The van der Waals surface area contributed by atoms with Gasteiger partial charge in [-0.05, 0) is 43.3 Å². The number of benzene rings is 2. The van der Waals surface area contributed by atoms with Crippen LogP contribution in [0.2, 0.25) is 0 Å². The van der Waals surface area contributed by atoms with E-state index in [1.807, 2.05) is 61.5 Å². The van der Waals surface area contributed by atoms with E-state index in [1.54, 1.807) is 18.0 Å². The lowest BCUT2D eigenvalue weighted by Crippen LogP contribution is -2.30. The van der Waals surface area contributed by atoms with Crippen LogP contribution in [0.4, 0.5) is 5.69 Å². The second kappa shape index (κ2) is 8.55. The van der Waals surface area contributed by atoms with E-state index in [0.29, 0.717) is 0 Å². The standard InChI is InChI=1S/C20H20N2O2S/c1-15(18-11-7-13-24-18)21-14-20(23)22-17-10-5-6-12-19(17)25-16-8-3-2-4-9-16/h2-13,15,21H,14H2,1H3,(H,22,23)/t15-/m1/s1. The van der Waals surface area contributed by atoms with Crippen molar-refractivity contribution < 1.29 is 9.21 Å². The highest BCUT2D eigenvalue weighted by molar-refractivity contribution is 7.99. The molecule has 1 atom stereocenters. The Labute approximate surface area is 151 Å². The van der Waals surface area contributed by atoms with E-state index in [-0.39, 0.29) is 18.5 Å². The summed E-state index contributed by atoms with van der Waals surface area (Å²) in [5, 5.41) is 6.14. The molecular formula is C20H20N2O2S. The Morgan fingerprint density at radius 2 is 1.80 bits per heavy atom. The van der Waals surface area contributed by atoms with Crippen molar-refractivity contribution in [3.05, 3.63) is 78.8 Å². The summed E-state index contributed by atoms with van der Waals surface area (Å²) in [6.45, 7) is 2.18. The minimum atomic E-state index is -0.0838. The molecule has 0 saturated carbocycles. The molecule has 3 rings (SSSR count). The summed E-state index contributed by atoms with van der Waals surface area (Å²) in [7, 11) is 0. The first-order chi connectivity index (χ1) is 12.2. The summed E-state index contributed by atoms with van der Waals surface area (Å²) in [5.74, 6) is 0.729. The summed E-state index contributed by atoms with van der Waals surface area (Å²) >= 11 is 1.63. The molecule has 0 bridgehead atoms. The molecule has 0 fully saturated rings. The van der Waals surface area contributed by atoms with Gasteiger partial charge in [0, 0.05) is 9.79 Å². The van der Waals surface area contributed by atoms with Crippen LogP contribution in [-0.4, -0.2) is 12.5 Å². The number of carbonyl (C=O) groups is 1. The molecule has 0 saturated heterocycles. The van der Waals surface area contributed by atoms with Gasteiger partial charge in [-0.3, -0.25) is 10.1 Å². The fraction of sp³-hybridized carbons (Fsp3) is 0.150. The molecule has 25 heavy (non-hydrogen) atoms. The molecule has 0 radical (unpaired) electrons. The van der Waals surface area contributed by atoms with E-state index in [2.05, 4.69) is 22.8 Å². The van der Waals surface area contributed by atoms with Crippen LogP contribution in [-0.2, 0) is 4.79 Å². The average molecular weight is 352 g/mol. The Bertz CT molecular complexity index is 804. The monoisotopic (exact) mass is 352 g/mol. The number of para-hydroxylation sites is 1. The van der Waals surface area contributed by atoms with E-state index in [1.165, 1.54) is 0 Å². The molecule has 1 aromatic heterocycles. The lowest BCUT2D eigenvalue weighted by atomic mass is 10.2. The van der Waals surface area contributed by atoms with Gasteiger partial charge in [0.15, 0.2) is 0 Å². The van der Waals surface area contributed by atoms with Crippen molar-refractivity contribution >= 4 is 23.4 Å². The number of nitrogens with one attached hydrogen (secondary N) is 2. The van der Waals surface area contributed by atoms with Crippen LogP contribution < -0.4 is 10.6 Å². The molecule has 3 aromatic rings. The average Bonchev–Trinajstić information content (AvgIpc) is 3.17. The maximum Gasteiger partial charge on any atom is 0.238 e. The Balaban J connectivity index is 1.59. The second-order valence-electron chi connectivity index (χ2n) is 5.58. The summed E-state index contributed by atoms with van der Waals surface area (Å²) in [6.07, 6.45) is 1.63. The number of amides is 1. The van der Waals surface area contributed by atoms with Gasteiger partial charge in [-0.2, -0.15) is 0 Å². The minimum absolute atomic E-state index is 0.0188. The molecule has 0 unspecified atom stereocenters. The molecule has 128 valence electrons. The maximum absolute atomic E-state index is 12.3. The molecule has 0 spiro atoms. The summed E-state index contributed by atoms with van der Waals surface area (Å²) in [5.41, 5.74) is 0.814. The Hall–Kier alpha value is -2.50. The normalized spacial score (nSPS) is 11.9. The Morgan fingerprint density at radius 1 is 1.04 bits per heavy atom. The van der Waals surface area contributed by atoms with E-state index in [9.17, 15) is 4.79 Å². The van der Waals surface area contributed by atoms with Gasteiger partial charge in [0.2, 0.25) is 5.91 Å². The molecule has 0 aliphatic rings. The van der Waals surface area contributed by atoms with E-state index in [4.69, 9.17) is 4.42 Å². The predicted molar refractivity (Wildman–Crippen MR) is 101 cm³/mol. The molecular weight excluding hydrogens is 332 g/mol. The van der Waals surface area contributed by atoms with E-state index >= 15 is 0 Å². The first-order valence-corrected chi connectivity index (χ1v) is 8.92. The number of hydrogen-bond acceptors (Lipinski definition) is 4. The molecule has 5 heteroatoms. The van der Waals surface area contributed by atoms with Gasteiger partial charge in [0.1, 0.15) is 5.76 Å². The lowest BCUT2D eigenvalue weighted by Gasteiger charge is -2.13. The highest BCUT2D eigenvalue weighted by Crippen LogP contribution is 2.33. The van der Waals surface area contributed by atoms with Gasteiger partial charge in [0.25, 0.3) is 0 Å².